The standard InChI is InChI=1S/C34H40NOSi/c1-21-11-14-25(29(17-21)34(4,5)6)28-19-30(35(7)20-23(28)3)32-22(2)12-15-27-26-16-13-24(37(8,9)10)18-31(26)36-33(27)32/h11-20H,1-10H3/q+1/i1D3,3D3. The number of aryl methyl sites for hydroxylation is 4. The van der Waals surface area contributed by atoms with Crippen molar-refractivity contribution in [2.24, 2.45) is 7.05 Å². The van der Waals surface area contributed by atoms with Crippen LogP contribution in [0.3, 0.4) is 0 Å². The summed E-state index contributed by atoms with van der Waals surface area (Å²) in [6.07, 6.45) is 1.69. The van der Waals surface area contributed by atoms with Crippen LogP contribution in [0.25, 0.3) is 44.3 Å². The maximum Gasteiger partial charge on any atom is 0.216 e. The van der Waals surface area contributed by atoms with E-state index in [4.69, 9.17) is 12.6 Å². The molecule has 0 bridgehead atoms. The van der Waals surface area contributed by atoms with Crippen molar-refractivity contribution < 1.29 is 17.2 Å². The van der Waals surface area contributed by atoms with E-state index < -0.39 is 27.2 Å². The molecule has 2 aromatic heterocycles. The zero-order valence-electron chi connectivity index (χ0n) is 29.1. The highest BCUT2D eigenvalue weighted by atomic mass is 28.3. The van der Waals surface area contributed by atoms with Crippen molar-refractivity contribution in [3.63, 3.8) is 0 Å². The van der Waals surface area contributed by atoms with E-state index in [0.29, 0.717) is 11.1 Å². The minimum absolute atomic E-state index is 0.208. The summed E-state index contributed by atoms with van der Waals surface area (Å²) in [6.45, 7) is 10.4. The molecule has 0 radical (unpaired) electrons. The molecule has 190 valence electrons. The first kappa shape index (κ1) is 19.0. The third-order valence-electron chi connectivity index (χ3n) is 7.36. The molecule has 0 saturated carbocycles. The monoisotopic (exact) mass is 512 g/mol. The van der Waals surface area contributed by atoms with Gasteiger partial charge in [-0.2, -0.15) is 0 Å². The second kappa shape index (κ2) is 8.70. The van der Waals surface area contributed by atoms with Gasteiger partial charge in [0.1, 0.15) is 18.2 Å². The third kappa shape index (κ3) is 4.44. The van der Waals surface area contributed by atoms with E-state index in [0.717, 1.165) is 44.3 Å². The number of benzene rings is 3. The van der Waals surface area contributed by atoms with Gasteiger partial charge in [-0.25, -0.2) is 4.57 Å². The molecule has 0 spiro atoms. The number of nitrogens with zero attached hydrogens (tertiary/aromatic N) is 1. The van der Waals surface area contributed by atoms with E-state index in [-0.39, 0.29) is 11.1 Å². The number of furan rings is 1. The highest BCUT2D eigenvalue weighted by Gasteiger charge is 2.26. The van der Waals surface area contributed by atoms with Crippen molar-refractivity contribution in [2.45, 2.75) is 66.5 Å². The summed E-state index contributed by atoms with van der Waals surface area (Å²) in [5.41, 5.74) is 6.39. The van der Waals surface area contributed by atoms with Crippen LogP contribution in [0.15, 0.2) is 65.2 Å². The van der Waals surface area contributed by atoms with E-state index in [2.05, 4.69) is 50.0 Å². The number of hydrogen-bond acceptors (Lipinski definition) is 1. The third-order valence-corrected chi connectivity index (χ3v) is 9.41. The fraction of sp³-hybridized carbons (Fsp3) is 0.324. The Morgan fingerprint density at radius 1 is 0.838 bits per heavy atom. The van der Waals surface area contributed by atoms with Crippen LogP contribution in [0, 0.1) is 20.6 Å². The van der Waals surface area contributed by atoms with Gasteiger partial charge in [0.25, 0.3) is 0 Å². The molecule has 0 aliphatic carbocycles. The largest absolute Gasteiger partial charge is 0.455 e. The summed E-state index contributed by atoms with van der Waals surface area (Å²) in [5.74, 6) is 0. The average Bonchev–Trinajstić information content (AvgIpc) is 3.24. The highest BCUT2D eigenvalue weighted by molar-refractivity contribution is 6.88. The van der Waals surface area contributed by atoms with Crippen molar-refractivity contribution in [1.82, 2.24) is 0 Å². The van der Waals surface area contributed by atoms with Gasteiger partial charge < -0.3 is 4.42 Å². The minimum atomic E-state index is -2.39. The lowest BCUT2D eigenvalue weighted by Crippen LogP contribution is -2.37. The van der Waals surface area contributed by atoms with Gasteiger partial charge in [-0.05, 0) is 54.4 Å². The van der Waals surface area contributed by atoms with E-state index in [1.54, 1.807) is 24.4 Å². The van der Waals surface area contributed by atoms with Crippen LogP contribution in [0.5, 0.6) is 0 Å². The van der Waals surface area contributed by atoms with Crippen LogP contribution in [0.2, 0.25) is 19.6 Å². The maximum absolute atomic E-state index is 8.43. The van der Waals surface area contributed by atoms with E-state index in [1.807, 2.05) is 45.4 Å². The van der Waals surface area contributed by atoms with Crippen LogP contribution in [-0.2, 0) is 12.5 Å². The van der Waals surface area contributed by atoms with Crippen molar-refractivity contribution >= 4 is 35.2 Å². The molecule has 2 nitrogen and oxygen atoms in total. The Bertz CT molecular complexity index is 1890. The molecular formula is C34H40NOSi+. The fourth-order valence-electron chi connectivity index (χ4n) is 5.24. The van der Waals surface area contributed by atoms with Crippen molar-refractivity contribution in [3.8, 4) is 22.4 Å². The zero-order chi connectivity index (χ0) is 31.9. The van der Waals surface area contributed by atoms with Gasteiger partial charge in [-0.3, -0.25) is 0 Å². The number of aromatic nitrogens is 1. The molecule has 0 N–H and O–H groups in total. The first-order chi connectivity index (χ1) is 19.7. The highest BCUT2D eigenvalue weighted by Crippen LogP contribution is 2.40. The van der Waals surface area contributed by atoms with Crippen LogP contribution in [0.1, 0.15) is 51.2 Å². The molecule has 2 heterocycles. The molecule has 0 unspecified atom stereocenters. The molecule has 0 amide bonds. The van der Waals surface area contributed by atoms with Crippen molar-refractivity contribution in [1.29, 1.82) is 0 Å². The zero-order valence-corrected chi connectivity index (χ0v) is 24.1. The van der Waals surface area contributed by atoms with Crippen molar-refractivity contribution in [2.75, 3.05) is 0 Å². The van der Waals surface area contributed by atoms with Crippen LogP contribution in [0.4, 0.5) is 0 Å². The lowest BCUT2D eigenvalue weighted by atomic mass is 9.80. The van der Waals surface area contributed by atoms with Gasteiger partial charge in [0, 0.05) is 30.6 Å². The summed E-state index contributed by atoms with van der Waals surface area (Å²) < 4.78 is 57.8. The van der Waals surface area contributed by atoms with Crippen LogP contribution >= 0.6 is 0 Å². The Labute approximate surface area is 231 Å². The molecule has 0 atom stereocenters. The number of hydrogen-bond donors (Lipinski definition) is 0. The molecule has 0 aliphatic heterocycles. The molecule has 0 saturated heterocycles. The molecule has 5 rings (SSSR count). The van der Waals surface area contributed by atoms with E-state index in [1.165, 1.54) is 5.19 Å². The first-order valence-corrected chi connectivity index (χ1v) is 16.3. The lowest BCUT2D eigenvalue weighted by molar-refractivity contribution is -0.660. The molecule has 37 heavy (non-hydrogen) atoms. The molecular weight excluding hydrogens is 466 g/mol. The Hall–Kier alpha value is -3.17. The molecule has 0 fully saturated rings. The Kier molecular flexibility index (Phi) is 4.46. The minimum Gasteiger partial charge on any atom is -0.455 e. The fourth-order valence-corrected chi connectivity index (χ4v) is 6.39. The molecule has 3 aromatic carbocycles. The van der Waals surface area contributed by atoms with Gasteiger partial charge in [0.2, 0.25) is 5.69 Å². The summed E-state index contributed by atoms with van der Waals surface area (Å²) in [6, 6.07) is 17.7. The normalized spacial score (nSPS) is 15.7. The Morgan fingerprint density at radius 3 is 2.27 bits per heavy atom. The Balaban J connectivity index is 1.85. The van der Waals surface area contributed by atoms with Crippen molar-refractivity contribution in [3.05, 3.63) is 83.0 Å². The molecule has 5 aromatic rings. The van der Waals surface area contributed by atoms with E-state index in [9.17, 15) is 0 Å². The number of pyridine rings is 1. The predicted octanol–water partition coefficient (Wildman–Crippen LogP) is 8.51. The van der Waals surface area contributed by atoms with Crippen LogP contribution in [-0.4, -0.2) is 8.07 Å². The molecule has 0 aliphatic rings. The van der Waals surface area contributed by atoms with Gasteiger partial charge in [0.05, 0.1) is 13.6 Å². The topological polar surface area (TPSA) is 17.0 Å². The maximum atomic E-state index is 8.43. The van der Waals surface area contributed by atoms with E-state index >= 15 is 0 Å². The quantitative estimate of drug-likeness (QED) is 0.175. The number of rotatable bonds is 3. The SMILES string of the molecule is [2H]C([2H])([2H])c1ccc(-c2cc(-c3c(C)ccc4c3oc3cc([Si](C)(C)C)ccc34)[n+](C)cc2C([2H])([2H])[2H])c(C(C)(C)C)c1. The predicted molar refractivity (Wildman–Crippen MR) is 162 cm³/mol. The summed E-state index contributed by atoms with van der Waals surface area (Å²) in [7, 11) is 0.306. The smallest absolute Gasteiger partial charge is 0.216 e. The second-order valence-corrected chi connectivity index (χ2v) is 17.4. The summed E-state index contributed by atoms with van der Waals surface area (Å²) >= 11 is 0. The summed E-state index contributed by atoms with van der Waals surface area (Å²) in [5, 5.41) is 3.38. The molecule has 3 heteroatoms. The summed E-state index contributed by atoms with van der Waals surface area (Å²) in [4.78, 5) is 0. The van der Waals surface area contributed by atoms with Gasteiger partial charge in [0.15, 0.2) is 6.20 Å². The number of fused-ring (bicyclic) bond motifs is 3. The second-order valence-electron chi connectivity index (χ2n) is 12.3. The van der Waals surface area contributed by atoms with Crippen LogP contribution < -0.4 is 9.75 Å². The van der Waals surface area contributed by atoms with Gasteiger partial charge >= 0.3 is 0 Å². The Morgan fingerprint density at radius 2 is 1.59 bits per heavy atom. The van der Waals surface area contributed by atoms with Gasteiger partial charge in [-0.1, -0.05) is 93.6 Å². The average molecular weight is 513 g/mol. The lowest BCUT2D eigenvalue weighted by Gasteiger charge is -2.24. The first-order valence-electron chi connectivity index (χ1n) is 15.8. The van der Waals surface area contributed by atoms with Gasteiger partial charge in [-0.15, -0.1) is 0 Å².